The Kier molecular flexibility index (Phi) is 6.22. The van der Waals surface area contributed by atoms with Gasteiger partial charge in [0.25, 0.3) is 0 Å². The fourth-order valence-electron chi connectivity index (χ4n) is 2.19. The standard InChI is InChI=1S/C12H26N2O/c1-11(10-15-3)13-7-4-12-5-8-14(2)9-6-12/h11-13H,4-10H2,1-3H3. The molecule has 1 aliphatic rings. The van der Waals surface area contributed by atoms with Crippen LogP contribution in [0.2, 0.25) is 0 Å². The maximum Gasteiger partial charge on any atom is 0.0613 e. The molecule has 90 valence electrons. The van der Waals surface area contributed by atoms with Crippen LogP contribution >= 0.6 is 0 Å². The molecule has 15 heavy (non-hydrogen) atoms. The summed E-state index contributed by atoms with van der Waals surface area (Å²) in [6.45, 7) is 6.68. The zero-order valence-electron chi connectivity index (χ0n) is 10.5. The third-order valence-electron chi connectivity index (χ3n) is 3.30. The first-order valence-corrected chi connectivity index (χ1v) is 6.13. The van der Waals surface area contributed by atoms with Gasteiger partial charge >= 0.3 is 0 Å². The van der Waals surface area contributed by atoms with Crippen LogP contribution in [0.5, 0.6) is 0 Å². The number of hydrogen-bond donors (Lipinski definition) is 1. The third-order valence-corrected chi connectivity index (χ3v) is 3.30. The highest BCUT2D eigenvalue weighted by Gasteiger charge is 2.16. The first kappa shape index (κ1) is 12.9. The molecule has 1 fully saturated rings. The highest BCUT2D eigenvalue weighted by atomic mass is 16.5. The van der Waals surface area contributed by atoms with E-state index in [1.54, 1.807) is 7.11 Å². The Morgan fingerprint density at radius 1 is 1.40 bits per heavy atom. The van der Waals surface area contributed by atoms with Crippen LogP contribution < -0.4 is 5.32 Å². The van der Waals surface area contributed by atoms with E-state index < -0.39 is 0 Å². The van der Waals surface area contributed by atoms with E-state index in [2.05, 4.69) is 24.2 Å². The van der Waals surface area contributed by atoms with Crippen molar-refractivity contribution in [2.75, 3.05) is 40.4 Å². The second kappa shape index (κ2) is 7.20. The molecule has 1 rings (SSSR count). The van der Waals surface area contributed by atoms with Gasteiger partial charge in [0.15, 0.2) is 0 Å². The van der Waals surface area contributed by atoms with Crippen LogP contribution in [0.3, 0.4) is 0 Å². The monoisotopic (exact) mass is 214 g/mol. The van der Waals surface area contributed by atoms with E-state index in [0.717, 1.165) is 19.1 Å². The van der Waals surface area contributed by atoms with Gasteiger partial charge in [-0.05, 0) is 58.8 Å². The number of piperidine rings is 1. The number of rotatable bonds is 6. The van der Waals surface area contributed by atoms with E-state index >= 15 is 0 Å². The van der Waals surface area contributed by atoms with Crippen molar-refractivity contribution in [1.82, 2.24) is 10.2 Å². The van der Waals surface area contributed by atoms with Crippen molar-refractivity contribution in [2.24, 2.45) is 5.92 Å². The lowest BCUT2D eigenvalue weighted by Crippen LogP contribution is -2.34. The lowest BCUT2D eigenvalue weighted by molar-refractivity contribution is 0.168. The number of likely N-dealkylation sites (tertiary alicyclic amines) is 1. The van der Waals surface area contributed by atoms with Gasteiger partial charge in [-0.3, -0.25) is 0 Å². The number of nitrogens with zero attached hydrogens (tertiary/aromatic N) is 1. The first-order valence-electron chi connectivity index (χ1n) is 6.13. The van der Waals surface area contributed by atoms with E-state index in [4.69, 9.17) is 4.74 Å². The van der Waals surface area contributed by atoms with Gasteiger partial charge in [0, 0.05) is 13.2 Å². The molecule has 0 amide bonds. The summed E-state index contributed by atoms with van der Waals surface area (Å²) in [5.74, 6) is 0.934. The Morgan fingerprint density at radius 3 is 2.67 bits per heavy atom. The van der Waals surface area contributed by atoms with Crippen LogP contribution in [0.1, 0.15) is 26.2 Å². The summed E-state index contributed by atoms with van der Waals surface area (Å²) in [7, 11) is 3.98. The van der Waals surface area contributed by atoms with Crippen molar-refractivity contribution < 1.29 is 4.74 Å². The molecular weight excluding hydrogens is 188 g/mol. The van der Waals surface area contributed by atoms with Gasteiger partial charge in [-0.2, -0.15) is 0 Å². The van der Waals surface area contributed by atoms with E-state index in [9.17, 15) is 0 Å². The highest BCUT2D eigenvalue weighted by molar-refractivity contribution is 4.71. The Labute approximate surface area is 94.2 Å². The quantitative estimate of drug-likeness (QED) is 0.722. The van der Waals surface area contributed by atoms with Crippen molar-refractivity contribution in [1.29, 1.82) is 0 Å². The molecule has 1 aliphatic heterocycles. The molecule has 1 N–H and O–H groups in total. The molecular formula is C12H26N2O. The molecule has 0 aromatic heterocycles. The Bertz CT molecular complexity index is 156. The molecule has 0 bridgehead atoms. The van der Waals surface area contributed by atoms with Gasteiger partial charge in [-0.25, -0.2) is 0 Å². The second-order valence-corrected chi connectivity index (χ2v) is 4.85. The van der Waals surface area contributed by atoms with Crippen molar-refractivity contribution in [3.63, 3.8) is 0 Å². The minimum absolute atomic E-state index is 0.487. The van der Waals surface area contributed by atoms with E-state index in [-0.39, 0.29) is 0 Å². The highest BCUT2D eigenvalue weighted by Crippen LogP contribution is 2.18. The van der Waals surface area contributed by atoms with Crippen LogP contribution in [0, 0.1) is 5.92 Å². The molecule has 1 heterocycles. The first-order chi connectivity index (χ1) is 7.22. The maximum atomic E-state index is 5.09. The van der Waals surface area contributed by atoms with Gasteiger partial charge < -0.3 is 15.0 Å². The Balaban J connectivity index is 2.00. The van der Waals surface area contributed by atoms with Crippen LogP contribution in [0.25, 0.3) is 0 Å². The molecule has 3 heteroatoms. The summed E-state index contributed by atoms with van der Waals surface area (Å²) >= 11 is 0. The molecule has 3 nitrogen and oxygen atoms in total. The topological polar surface area (TPSA) is 24.5 Å². The number of methoxy groups -OCH3 is 1. The maximum absolute atomic E-state index is 5.09. The summed E-state index contributed by atoms with van der Waals surface area (Å²) in [5.41, 5.74) is 0. The Hall–Kier alpha value is -0.120. The molecule has 1 atom stereocenters. The third kappa shape index (κ3) is 5.50. The van der Waals surface area contributed by atoms with Crippen molar-refractivity contribution in [2.45, 2.75) is 32.2 Å². The summed E-state index contributed by atoms with van der Waals surface area (Å²) in [4.78, 5) is 2.43. The minimum Gasteiger partial charge on any atom is -0.383 e. The molecule has 0 aliphatic carbocycles. The molecule has 1 saturated heterocycles. The van der Waals surface area contributed by atoms with Gasteiger partial charge in [-0.1, -0.05) is 0 Å². The lowest BCUT2D eigenvalue weighted by Gasteiger charge is -2.29. The predicted molar refractivity (Wildman–Crippen MR) is 64.2 cm³/mol. The van der Waals surface area contributed by atoms with E-state index in [1.165, 1.54) is 32.4 Å². The largest absolute Gasteiger partial charge is 0.383 e. The van der Waals surface area contributed by atoms with Gasteiger partial charge in [0.1, 0.15) is 0 Å². The summed E-state index contributed by atoms with van der Waals surface area (Å²) in [6.07, 6.45) is 4.07. The summed E-state index contributed by atoms with van der Waals surface area (Å²) in [6, 6.07) is 0.487. The van der Waals surface area contributed by atoms with E-state index in [0.29, 0.717) is 6.04 Å². The smallest absolute Gasteiger partial charge is 0.0613 e. The fraction of sp³-hybridized carbons (Fsp3) is 1.00. The molecule has 0 saturated carbocycles. The number of ether oxygens (including phenoxy) is 1. The van der Waals surface area contributed by atoms with Gasteiger partial charge in [0.2, 0.25) is 0 Å². The average Bonchev–Trinajstić information content (AvgIpc) is 2.21. The molecule has 0 spiro atoms. The lowest BCUT2D eigenvalue weighted by atomic mass is 9.94. The summed E-state index contributed by atoms with van der Waals surface area (Å²) < 4.78 is 5.09. The average molecular weight is 214 g/mol. The minimum atomic E-state index is 0.487. The summed E-state index contributed by atoms with van der Waals surface area (Å²) in [5, 5.41) is 3.50. The Morgan fingerprint density at radius 2 is 2.07 bits per heavy atom. The molecule has 0 radical (unpaired) electrons. The zero-order chi connectivity index (χ0) is 11.1. The van der Waals surface area contributed by atoms with Crippen molar-refractivity contribution in [3.05, 3.63) is 0 Å². The fourth-order valence-corrected chi connectivity index (χ4v) is 2.19. The SMILES string of the molecule is COCC(C)NCCC1CCN(C)CC1. The molecule has 1 unspecified atom stereocenters. The normalized spacial score (nSPS) is 21.8. The number of hydrogen-bond acceptors (Lipinski definition) is 3. The van der Waals surface area contributed by atoms with Gasteiger partial charge in [-0.15, -0.1) is 0 Å². The van der Waals surface area contributed by atoms with Crippen LogP contribution in [-0.2, 0) is 4.74 Å². The van der Waals surface area contributed by atoms with Crippen molar-refractivity contribution in [3.8, 4) is 0 Å². The molecule has 0 aromatic rings. The van der Waals surface area contributed by atoms with Crippen LogP contribution in [0.15, 0.2) is 0 Å². The van der Waals surface area contributed by atoms with Crippen molar-refractivity contribution >= 4 is 0 Å². The van der Waals surface area contributed by atoms with Crippen LogP contribution in [-0.4, -0.2) is 51.3 Å². The predicted octanol–water partition coefficient (Wildman–Crippen LogP) is 1.34. The molecule has 0 aromatic carbocycles. The second-order valence-electron chi connectivity index (χ2n) is 4.85. The van der Waals surface area contributed by atoms with E-state index in [1.807, 2.05) is 0 Å². The zero-order valence-corrected chi connectivity index (χ0v) is 10.5. The van der Waals surface area contributed by atoms with Crippen LogP contribution in [0.4, 0.5) is 0 Å². The number of nitrogens with one attached hydrogen (secondary N) is 1. The van der Waals surface area contributed by atoms with Gasteiger partial charge in [0.05, 0.1) is 6.61 Å².